The lowest BCUT2D eigenvalue weighted by Crippen LogP contribution is -2.33. The summed E-state index contributed by atoms with van der Waals surface area (Å²) >= 11 is 0. The predicted molar refractivity (Wildman–Crippen MR) is 104 cm³/mol. The van der Waals surface area contributed by atoms with Crippen molar-refractivity contribution in [2.75, 3.05) is 6.61 Å². The molecule has 0 fully saturated rings. The molecule has 0 aliphatic rings. The molecule has 0 aromatic heterocycles. The highest BCUT2D eigenvalue weighted by Gasteiger charge is 2.15. The van der Waals surface area contributed by atoms with Gasteiger partial charge in [-0.2, -0.15) is 0 Å². The summed E-state index contributed by atoms with van der Waals surface area (Å²) < 4.78 is 5.71. The number of ether oxygens (including phenoxy) is 1. The van der Waals surface area contributed by atoms with Crippen LogP contribution in [-0.4, -0.2) is 12.5 Å². The summed E-state index contributed by atoms with van der Waals surface area (Å²) in [5, 5.41) is 2.88. The SMILES string of the molecule is Cc1ccc(C(N)C(=O)NCc2cccc(OCC(C)C)c2)cc1.Cl. The van der Waals surface area contributed by atoms with Crippen molar-refractivity contribution in [2.45, 2.75) is 33.4 Å². The van der Waals surface area contributed by atoms with Crippen LogP contribution in [0.1, 0.15) is 36.6 Å². The minimum Gasteiger partial charge on any atom is -0.493 e. The summed E-state index contributed by atoms with van der Waals surface area (Å²) in [7, 11) is 0. The summed E-state index contributed by atoms with van der Waals surface area (Å²) in [5.41, 5.74) is 8.97. The molecule has 0 radical (unpaired) electrons. The molecule has 0 aliphatic carbocycles. The summed E-state index contributed by atoms with van der Waals surface area (Å²) in [5.74, 6) is 1.10. The number of benzene rings is 2. The second-order valence-corrected chi connectivity index (χ2v) is 6.46. The van der Waals surface area contributed by atoms with Gasteiger partial charge in [0, 0.05) is 6.54 Å². The Bertz CT molecular complexity index is 672. The lowest BCUT2D eigenvalue weighted by molar-refractivity contribution is -0.122. The van der Waals surface area contributed by atoms with Crippen molar-refractivity contribution >= 4 is 18.3 Å². The number of carbonyl (C=O) groups excluding carboxylic acids is 1. The van der Waals surface area contributed by atoms with E-state index < -0.39 is 6.04 Å². The third-order valence-corrected chi connectivity index (χ3v) is 3.67. The molecule has 5 heteroatoms. The van der Waals surface area contributed by atoms with E-state index in [-0.39, 0.29) is 18.3 Å². The molecule has 25 heavy (non-hydrogen) atoms. The van der Waals surface area contributed by atoms with Crippen molar-refractivity contribution < 1.29 is 9.53 Å². The van der Waals surface area contributed by atoms with Crippen molar-refractivity contribution in [3.63, 3.8) is 0 Å². The molecule has 0 heterocycles. The molecular formula is C20H27ClN2O2. The Morgan fingerprint density at radius 2 is 1.84 bits per heavy atom. The van der Waals surface area contributed by atoms with Crippen LogP contribution in [0.3, 0.4) is 0 Å². The first-order valence-corrected chi connectivity index (χ1v) is 8.27. The number of hydrogen-bond acceptors (Lipinski definition) is 3. The van der Waals surface area contributed by atoms with E-state index in [2.05, 4.69) is 19.2 Å². The molecule has 1 atom stereocenters. The van der Waals surface area contributed by atoms with E-state index in [1.807, 2.05) is 55.5 Å². The number of nitrogens with one attached hydrogen (secondary N) is 1. The molecule has 0 saturated carbocycles. The zero-order chi connectivity index (χ0) is 17.5. The van der Waals surface area contributed by atoms with Gasteiger partial charge in [-0.25, -0.2) is 0 Å². The predicted octanol–water partition coefficient (Wildman–Crippen LogP) is 3.77. The van der Waals surface area contributed by atoms with Crippen molar-refractivity contribution in [1.82, 2.24) is 5.32 Å². The molecule has 3 N–H and O–H groups in total. The van der Waals surface area contributed by atoms with E-state index in [9.17, 15) is 4.79 Å². The number of hydrogen-bond donors (Lipinski definition) is 2. The molecule has 0 spiro atoms. The first kappa shape index (κ1) is 21.0. The fourth-order valence-corrected chi connectivity index (χ4v) is 2.23. The lowest BCUT2D eigenvalue weighted by Gasteiger charge is -2.14. The topological polar surface area (TPSA) is 64.4 Å². The zero-order valence-corrected chi connectivity index (χ0v) is 15.8. The number of rotatable bonds is 7. The van der Waals surface area contributed by atoms with Crippen molar-refractivity contribution in [1.29, 1.82) is 0 Å². The lowest BCUT2D eigenvalue weighted by atomic mass is 10.1. The quantitative estimate of drug-likeness (QED) is 0.788. The van der Waals surface area contributed by atoms with Crippen LogP contribution in [0.2, 0.25) is 0 Å². The molecule has 0 saturated heterocycles. The molecular weight excluding hydrogens is 336 g/mol. The fourth-order valence-electron chi connectivity index (χ4n) is 2.23. The second-order valence-electron chi connectivity index (χ2n) is 6.46. The van der Waals surface area contributed by atoms with Crippen LogP contribution < -0.4 is 15.8 Å². The van der Waals surface area contributed by atoms with Gasteiger partial charge in [-0.15, -0.1) is 12.4 Å². The van der Waals surface area contributed by atoms with Gasteiger partial charge in [0.15, 0.2) is 0 Å². The normalized spacial score (nSPS) is 11.6. The number of aryl methyl sites for hydroxylation is 1. The molecule has 2 aromatic carbocycles. The van der Waals surface area contributed by atoms with Gasteiger partial charge in [0.2, 0.25) is 5.91 Å². The van der Waals surface area contributed by atoms with E-state index in [0.29, 0.717) is 19.1 Å². The maximum absolute atomic E-state index is 12.2. The first-order valence-electron chi connectivity index (χ1n) is 8.27. The maximum Gasteiger partial charge on any atom is 0.241 e. The van der Waals surface area contributed by atoms with E-state index in [4.69, 9.17) is 10.5 Å². The molecule has 1 amide bonds. The van der Waals surface area contributed by atoms with Gasteiger partial charge in [0.1, 0.15) is 11.8 Å². The smallest absolute Gasteiger partial charge is 0.241 e. The third kappa shape index (κ3) is 6.77. The number of carbonyl (C=O) groups is 1. The van der Waals surface area contributed by atoms with Crippen LogP contribution in [0, 0.1) is 12.8 Å². The highest BCUT2D eigenvalue weighted by Crippen LogP contribution is 2.15. The molecule has 1 unspecified atom stereocenters. The fraction of sp³-hybridized carbons (Fsp3) is 0.350. The Balaban J connectivity index is 0.00000312. The Labute approximate surface area is 156 Å². The van der Waals surface area contributed by atoms with Gasteiger partial charge in [0.05, 0.1) is 6.61 Å². The summed E-state index contributed by atoms with van der Waals surface area (Å²) in [6, 6.07) is 14.8. The Morgan fingerprint density at radius 3 is 2.48 bits per heavy atom. The van der Waals surface area contributed by atoms with Crippen LogP contribution in [0.5, 0.6) is 5.75 Å². The van der Waals surface area contributed by atoms with E-state index in [0.717, 1.165) is 22.4 Å². The third-order valence-electron chi connectivity index (χ3n) is 3.67. The van der Waals surface area contributed by atoms with Gasteiger partial charge in [-0.05, 0) is 36.1 Å². The molecule has 136 valence electrons. The van der Waals surface area contributed by atoms with Crippen LogP contribution in [0.4, 0.5) is 0 Å². The molecule has 2 aromatic rings. The van der Waals surface area contributed by atoms with Crippen LogP contribution in [0.25, 0.3) is 0 Å². The Kier molecular flexibility index (Phi) is 8.46. The molecule has 0 bridgehead atoms. The summed E-state index contributed by atoms with van der Waals surface area (Å²) in [6.45, 7) is 7.32. The summed E-state index contributed by atoms with van der Waals surface area (Å²) in [6.07, 6.45) is 0. The van der Waals surface area contributed by atoms with Crippen molar-refractivity contribution in [3.8, 4) is 5.75 Å². The molecule has 4 nitrogen and oxygen atoms in total. The second kappa shape index (κ2) is 10.1. The van der Waals surface area contributed by atoms with Crippen LogP contribution in [-0.2, 0) is 11.3 Å². The van der Waals surface area contributed by atoms with Gasteiger partial charge in [-0.1, -0.05) is 55.8 Å². The standard InChI is InChI=1S/C20H26N2O2.ClH/c1-14(2)13-24-18-6-4-5-16(11-18)12-22-20(23)19(21)17-9-7-15(3)8-10-17;/h4-11,14,19H,12-13,21H2,1-3H3,(H,22,23);1H. The van der Waals surface area contributed by atoms with E-state index in [1.165, 1.54) is 0 Å². The average Bonchev–Trinajstić information content (AvgIpc) is 2.58. The summed E-state index contributed by atoms with van der Waals surface area (Å²) in [4.78, 5) is 12.2. The first-order chi connectivity index (χ1) is 11.5. The number of halogens is 1. The average molecular weight is 363 g/mol. The zero-order valence-electron chi connectivity index (χ0n) is 15.0. The molecule has 2 rings (SSSR count). The highest BCUT2D eigenvalue weighted by molar-refractivity contribution is 5.85. The van der Waals surface area contributed by atoms with Gasteiger partial charge in [0.25, 0.3) is 0 Å². The van der Waals surface area contributed by atoms with Crippen molar-refractivity contribution in [3.05, 3.63) is 65.2 Å². The minimum absolute atomic E-state index is 0. The van der Waals surface area contributed by atoms with Gasteiger partial charge >= 0.3 is 0 Å². The molecule has 0 aliphatic heterocycles. The van der Waals surface area contributed by atoms with Crippen molar-refractivity contribution in [2.24, 2.45) is 11.7 Å². The number of nitrogens with two attached hydrogens (primary N) is 1. The monoisotopic (exact) mass is 362 g/mol. The van der Waals surface area contributed by atoms with E-state index >= 15 is 0 Å². The Hall–Kier alpha value is -2.04. The van der Waals surface area contributed by atoms with Crippen LogP contribution in [0.15, 0.2) is 48.5 Å². The van der Waals surface area contributed by atoms with Gasteiger partial charge in [-0.3, -0.25) is 4.79 Å². The largest absolute Gasteiger partial charge is 0.493 e. The van der Waals surface area contributed by atoms with Gasteiger partial charge < -0.3 is 15.8 Å². The number of amides is 1. The van der Waals surface area contributed by atoms with Crippen LogP contribution >= 0.6 is 12.4 Å². The highest BCUT2D eigenvalue weighted by atomic mass is 35.5. The Morgan fingerprint density at radius 1 is 1.16 bits per heavy atom. The minimum atomic E-state index is -0.661. The maximum atomic E-state index is 12.2. The van der Waals surface area contributed by atoms with E-state index in [1.54, 1.807) is 0 Å².